The molecule has 196 valence electrons. The van der Waals surface area contributed by atoms with Gasteiger partial charge in [-0.3, -0.25) is 9.69 Å². The number of nitrogens with zero attached hydrogens (tertiary/aromatic N) is 1. The van der Waals surface area contributed by atoms with Crippen molar-refractivity contribution in [3.8, 4) is 0 Å². The Hall–Kier alpha value is -3.43. The van der Waals surface area contributed by atoms with Crippen molar-refractivity contribution in [1.82, 2.24) is 15.5 Å². The molecule has 0 atom stereocenters. The van der Waals surface area contributed by atoms with Crippen LogP contribution in [0.1, 0.15) is 24.8 Å². The normalized spacial score (nSPS) is 14.8. The van der Waals surface area contributed by atoms with Gasteiger partial charge in [-0.05, 0) is 60.8 Å². The number of amides is 2. The molecule has 3 aromatic carbocycles. The monoisotopic (exact) mass is 523 g/mol. The minimum atomic E-state index is -3.46. The smallest absolute Gasteiger partial charge is 0.407 e. The predicted octanol–water partition coefficient (Wildman–Crippen LogP) is 3.72. The van der Waals surface area contributed by atoms with E-state index in [-0.39, 0.29) is 24.3 Å². The summed E-state index contributed by atoms with van der Waals surface area (Å²) in [6.07, 6.45) is 1.34. The summed E-state index contributed by atoms with van der Waals surface area (Å²) in [5.41, 5.74) is 0.919. The molecule has 0 spiro atoms. The number of likely N-dealkylation sites (tertiary alicyclic amines) is 1. The number of benzene rings is 3. The van der Waals surface area contributed by atoms with Crippen molar-refractivity contribution < 1.29 is 22.7 Å². The van der Waals surface area contributed by atoms with Crippen molar-refractivity contribution in [2.45, 2.75) is 30.8 Å². The van der Waals surface area contributed by atoms with E-state index in [1.807, 2.05) is 65.6 Å². The van der Waals surface area contributed by atoms with Gasteiger partial charge in [0.15, 0.2) is 9.84 Å². The van der Waals surface area contributed by atoms with E-state index < -0.39 is 15.9 Å². The third kappa shape index (κ3) is 7.77. The van der Waals surface area contributed by atoms with Gasteiger partial charge in [0, 0.05) is 19.0 Å². The van der Waals surface area contributed by atoms with Gasteiger partial charge in [-0.25, -0.2) is 13.2 Å². The van der Waals surface area contributed by atoms with Crippen LogP contribution in [-0.4, -0.2) is 57.4 Å². The molecule has 1 saturated heterocycles. The number of alkyl carbamates (subject to hydrolysis) is 1. The molecule has 0 unspecified atom stereocenters. The van der Waals surface area contributed by atoms with Gasteiger partial charge in [-0.1, -0.05) is 60.7 Å². The number of sulfone groups is 1. The van der Waals surface area contributed by atoms with Gasteiger partial charge < -0.3 is 15.4 Å². The second-order valence-corrected chi connectivity index (χ2v) is 11.2. The second-order valence-electron chi connectivity index (χ2n) is 9.28. The average Bonchev–Trinajstić information content (AvgIpc) is 2.92. The van der Waals surface area contributed by atoms with E-state index >= 15 is 0 Å². The third-order valence-corrected chi connectivity index (χ3v) is 8.20. The fourth-order valence-electron chi connectivity index (χ4n) is 4.41. The number of carbonyl (C=O) groups excluding carboxylic acids is 2. The molecular formula is C28H33N3O5S. The summed E-state index contributed by atoms with van der Waals surface area (Å²) >= 11 is 0. The van der Waals surface area contributed by atoms with E-state index in [4.69, 9.17) is 4.74 Å². The van der Waals surface area contributed by atoms with Crippen molar-refractivity contribution in [3.05, 3.63) is 78.4 Å². The quantitative estimate of drug-likeness (QED) is 0.393. The van der Waals surface area contributed by atoms with E-state index in [0.29, 0.717) is 50.3 Å². The molecule has 0 saturated carbocycles. The summed E-state index contributed by atoms with van der Waals surface area (Å²) in [6.45, 7) is 2.18. The Balaban J connectivity index is 1.12. The lowest BCUT2D eigenvalue weighted by molar-refractivity contribution is -0.126. The van der Waals surface area contributed by atoms with Crippen LogP contribution >= 0.6 is 0 Å². The SMILES string of the molecule is O=C(NCCCNC(=O)C1CCN(CS(=O)(=O)c2ccc3ccccc3c2)CC1)OCc1ccccc1. The number of piperidine rings is 1. The number of carbonyl (C=O) groups is 2. The average molecular weight is 524 g/mol. The van der Waals surface area contributed by atoms with Crippen molar-refractivity contribution in [1.29, 1.82) is 0 Å². The molecule has 2 amide bonds. The number of ether oxygens (including phenoxy) is 1. The zero-order valence-electron chi connectivity index (χ0n) is 20.8. The Morgan fingerprint density at radius 3 is 2.30 bits per heavy atom. The van der Waals surface area contributed by atoms with Crippen LogP contribution in [0.2, 0.25) is 0 Å². The first kappa shape index (κ1) is 26.6. The predicted molar refractivity (Wildman–Crippen MR) is 143 cm³/mol. The Morgan fingerprint density at radius 1 is 0.865 bits per heavy atom. The topological polar surface area (TPSA) is 105 Å². The van der Waals surface area contributed by atoms with Gasteiger partial charge in [-0.2, -0.15) is 0 Å². The van der Waals surface area contributed by atoms with Gasteiger partial charge >= 0.3 is 6.09 Å². The first-order chi connectivity index (χ1) is 17.9. The Kier molecular flexibility index (Phi) is 9.14. The van der Waals surface area contributed by atoms with E-state index in [9.17, 15) is 18.0 Å². The van der Waals surface area contributed by atoms with Gasteiger partial charge in [0.2, 0.25) is 5.91 Å². The summed E-state index contributed by atoms with van der Waals surface area (Å²) in [5, 5.41) is 7.51. The van der Waals surface area contributed by atoms with Crippen LogP contribution in [0.5, 0.6) is 0 Å². The standard InChI is InChI=1S/C28H33N3O5S/c32-27(29-15-6-16-30-28(33)36-20-22-7-2-1-3-8-22)24-13-17-31(18-14-24)21-37(34,35)26-12-11-23-9-4-5-10-25(23)19-26/h1-5,7-12,19,24H,6,13-18,20-21H2,(H,29,32)(H,30,33). The fourth-order valence-corrected chi connectivity index (χ4v) is 5.88. The lowest BCUT2D eigenvalue weighted by atomic mass is 9.96. The molecule has 0 aliphatic carbocycles. The maximum atomic E-state index is 13.0. The van der Waals surface area contributed by atoms with Crippen LogP contribution in [0.25, 0.3) is 10.8 Å². The maximum Gasteiger partial charge on any atom is 0.407 e. The molecule has 0 bridgehead atoms. The third-order valence-electron chi connectivity index (χ3n) is 6.53. The Bertz CT molecular complexity index is 1310. The van der Waals surface area contributed by atoms with Gasteiger partial charge in [0.25, 0.3) is 0 Å². The number of hydrogen-bond donors (Lipinski definition) is 2. The Morgan fingerprint density at radius 2 is 1.54 bits per heavy atom. The van der Waals surface area contributed by atoms with E-state index in [1.165, 1.54) is 0 Å². The minimum Gasteiger partial charge on any atom is -0.445 e. The summed E-state index contributed by atoms with van der Waals surface area (Å²) in [5.74, 6) is -0.210. The molecule has 8 nitrogen and oxygen atoms in total. The molecule has 0 radical (unpaired) electrons. The molecule has 4 rings (SSSR count). The van der Waals surface area contributed by atoms with Crippen molar-refractivity contribution in [3.63, 3.8) is 0 Å². The van der Waals surface area contributed by atoms with Crippen molar-refractivity contribution >= 4 is 32.6 Å². The molecule has 2 N–H and O–H groups in total. The number of nitrogens with one attached hydrogen (secondary N) is 2. The largest absolute Gasteiger partial charge is 0.445 e. The lowest BCUT2D eigenvalue weighted by Crippen LogP contribution is -2.42. The van der Waals surface area contributed by atoms with Crippen LogP contribution in [0, 0.1) is 5.92 Å². The molecular weight excluding hydrogens is 490 g/mol. The number of hydrogen-bond acceptors (Lipinski definition) is 6. The van der Waals surface area contributed by atoms with Gasteiger partial charge in [0.05, 0.1) is 4.90 Å². The van der Waals surface area contributed by atoms with Crippen LogP contribution in [-0.2, 0) is 26.0 Å². The minimum absolute atomic E-state index is 0.0244. The lowest BCUT2D eigenvalue weighted by Gasteiger charge is -2.31. The number of fused-ring (bicyclic) bond motifs is 1. The van der Waals surface area contributed by atoms with E-state index in [0.717, 1.165) is 16.3 Å². The van der Waals surface area contributed by atoms with Crippen LogP contribution < -0.4 is 10.6 Å². The van der Waals surface area contributed by atoms with Gasteiger partial charge in [-0.15, -0.1) is 0 Å². The molecule has 1 aliphatic rings. The molecule has 1 heterocycles. The fraction of sp³-hybridized carbons (Fsp3) is 0.357. The number of rotatable bonds is 10. The highest BCUT2D eigenvalue weighted by Crippen LogP contribution is 2.23. The summed E-state index contributed by atoms with van der Waals surface area (Å²) in [7, 11) is -3.46. The molecule has 37 heavy (non-hydrogen) atoms. The highest BCUT2D eigenvalue weighted by molar-refractivity contribution is 7.91. The van der Waals surface area contributed by atoms with Crippen LogP contribution in [0.3, 0.4) is 0 Å². The zero-order valence-corrected chi connectivity index (χ0v) is 21.6. The van der Waals surface area contributed by atoms with Crippen molar-refractivity contribution in [2.24, 2.45) is 5.92 Å². The van der Waals surface area contributed by atoms with Crippen molar-refractivity contribution in [2.75, 3.05) is 32.1 Å². The zero-order chi connectivity index (χ0) is 26.1. The molecule has 1 fully saturated rings. The summed E-state index contributed by atoms with van der Waals surface area (Å²) in [4.78, 5) is 26.5. The molecule has 1 aliphatic heterocycles. The van der Waals surface area contributed by atoms with Crippen LogP contribution in [0.4, 0.5) is 4.79 Å². The first-order valence-electron chi connectivity index (χ1n) is 12.6. The molecule has 9 heteroatoms. The second kappa shape index (κ2) is 12.7. The molecule has 3 aromatic rings. The highest BCUT2D eigenvalue weighted by atomic mass is 32.2. The van der Waals surface area contributed by atoms with Gasteiger partial charge in [0.1, 0.15) is 12.5 Å². The molecule has 0 aromatic heterocycles. The van der Waals surface area contributed by atoms with E-state index in [2.05, 4.69) is 10.6 Å². The maximum absolute atomic E-state index is 13.0. The summed E-state index contributed by atoms with van der Waals surface area (Å²) in [6, 6.07) is 22.4. The van der Waals surface area contributed by atoms with Crippen LogP contribution in [0.15, 0.2) is 77.7 Å². The van der Waals surface area contributed by atoms with E-state index in [1.54, 1.807) is 12.1 Å². The Labute approximate surface area is 217 Å². The highest BCUT2D eigenvalue weighted by Gasteiger charge is 2.28. The first-order valence-corrected chi connectivity index (χ1v) is 14.2. The summed E-state index contributed by atoms with van der Waals surface area (Å²) < 4.78 is 31.1.